The van der Waals surface area contributed by atoms with Crippen LogP contribution in [0.3, 0.4) is 0 Å². The van der Waals surface area contributed by atoms with Crippen molar-refractivity contribution in [2.75, 3.05) is 5.32 Å². The van der Waals surface area contributed by atoms with Gasteiger partial charge in [0.05, 0.1) is 22.2 Å². The molecule has 2 aromatic heterocycles. The van der Waals surface area contributed by atoms with E-state index in [-0.39, 0.29) is 5.56 Å². The summed E-state index contributed by atoms with van der Waals surface area (Å²) in [5.74, 6) is 0.514. The summed E-state index contributed by atoms with van der Waals surface area (Å²) >= 11 is 6.16. The average molecular weight is 430 g/mol. The highest BCUT2D eigenvalue weighted by molar-refractivity contribution is 6.31. The number of benzene rings is 3. The van der Waals surface area contributed by atoms with E-state index in [1.165, 1.54) is 0 Å². The first-order valence-corrected chi connectivity index (χ1v) is 10.3. The van der Waals surface area contributed by atoms with Gasteiger partial charge in [-0.1, -0.05) is 48.0 Å². The number of aromatic nitrogens is 3. The fraction of sp³-hybridized carbons (Fsp3) is 0.0833. The van der Waals surface area contributed by atoms with Crippen molar-refractivity contribution >= 4 is 39.2 Å². The monoisotopic (exact) mass is 429 g/mol. The van der Waals surface area contributed by atoms with E-state index in [0.717, 1.165) is 27.5 Å². The SMILES string of the molecule is NCc1ccc(CNc2c(-c3nc4ccccc4[nH]3)c(=O)[nH]c3cc(Cl)ccc23)cc1. The van der Waals surface area contributed by atoms with E-state index >= 15 is 0 Å². The molecule has 0 unspecified atom stereocenters. The number of rotatable bonds is 5. The number of hydrogen-bond acceptors (Lipinski definition) is 4. The maximum atomic E-state index is 13.1. The summed E-state index contributed by atoms with van der Waals surface area (Å²) in [6, 6.07) is 21.2. The van der Waals surface area contributed by atoms with Crippen molar-refractivity contribution in [3.8, 4) is 11.4 Å². The first kappa shape index (κ1) is 19.4. The van der Waals surface area contributed by atoms with Gasteiger partial charge in [0.15, 0.2) is 0 Å². The second kappa shape index (κ2) is 7.91. The third-order valence-corrected chi connectivity index (χ3v) is 5.57. The summed E-state index contributed by atoms with van der Waals surface area (Å²) in [5.41, 5.74) is 11.1. The molecule has 6 nitrogen and oxygen atoms in total. The molecule has 0 atom stereocenters. The zero-order valence-corrected chi connectivity index (χ0v) is 17.3. The lowest BCUT2D eigenvalue weighted by atomic mass is 10.1. The van der Waals surface area contributed by atoms with E-state index in [4.69, 9.17) is 17.3 Å². The fourth-order valence-electron chi connectivity index (χ4n) is 3.74. The number of nitrogens with two attached hydrogens (primary N) is 1. The molecule has 0 aliphatic heterocycles. The second-order valence-electron chi connectivity index (χ2n) is 7.37. The largest absolute Gasteiger partial charge is 0.380 e. The second-order valence-corrected chi connectivity index (χ2v) is 7.81. The molecule has 0 amide bonds. The maximum absolute atomic E-state index is 13.1. The lowest BCUT2D eigenvalue weighted by Crippen LogP contribution is -2.14. The zero-order valence-electron chi connectivity index (χ0n) is 16.6. The number of nitrogens with one attached hydrogen (secondary N) is 3. The average Bonchev–Trinajstić information content (AvgIpc) is 3.21. The molecular formula is C24H20ClN5O. The van der Waals surface area contributed by atoms with Crippen LogP contribution in [0.25, 0.3) is 33.3 Å². The van der Waals surface area contributed by atoms with Gasteiger partial charge in [0, 0.05) is 23.5 Å². The predicted molar refractivity (Wildman–Crippen MR) is 126 cm³/mol. The topological polar surface area (TPSA) is 99.6 Å². The minimum Gasteiger partial charge on any atom is -0.380 e. The third-order valence-electron chi connectivity index (χ3n) is 5.33. The third kappa shape index (κ3) is 3.67. The van der Waals surface area contributed by atoms with E-state index in [2.05, 4.69) is 20.3 Å². The highest BCUT2D eigenvalue weighted by Crippen LogP contribution is 2.32. The van der Waals surface area contributed by atoms with Crippen LogP contribution < -0.4 is 16.6 Å². The molecule has 0 aliphatic rings. The first-order valence-electron chi connectivity index (χ1n) is 9.95. The molecule has 7 heteroatoms. The summed E-state index contributed by atoms with van der Waals surface area (Å²) in [7, 11) is 0. The Balaban J connectivity index is 1.65. The number of pyridine rings is 1. The van der Waals surface area contributed by atoms with Crippen LogP contribution in [-0.2, 0) is 13.1 Å². The van der Waals surface area contributed by atoms with E-state index in [9.17, 15) is 4.79 Å². The lowest BCUT2D eigenvalue weighted by Gasteiger charge is -2.14. The number of anilines is 1. The number of H-pyrrole nitrogens is 2. The Kier molecular flexibility index (Phi) is 4.94. The highest BCUT2D eigenvalue weighted by Gasteiger charge is 2.18. The molecule has 3 aromatic carbocycles. The number of hydrogen-bond donors (Lipinski definition) is 4. The molecule has 0 fully saturated rings. The Morgan fingerprint density at radius 1 is 0.935 bits per heavy atom. The van der Waals surface area contributed by atoms with Crippen molar-refractivity contribution in [2.24, 2.45) is 5.73 Å². The molecule has 154 valence electrons. The summed E-state index contributed by atoms with van der Waals surface area (Å²) in [6.45, 7) is 1.04. The molecule has 0 saturated heterocycles. The van der Waals surface area contributed by atoms with Crippen molar-refractivity contribution in [2.45, 2.75) is 13.1 Å². The lowest BCUT2D eigenvalue weighted by molar-refractivity contribution is 1.06. The van der Waals surface area contributed by atoms with Crippen LogP contribution in [-0.4, -0.2) is 15.0 Å². The Bertz CT molecular complexity index is 1420. The van der Waals surface area contributed by atoms with Crippen LogP contribution in [0.2, 0.25) is 5.02 Å². The number of imidazole rings is 1. The Morgan fingerprint density at radius 3 is 2.48 bits per heavy atom. The van der Waals surface area contributed by atoms with Gasteiger partial charge in [-0.05, 0) is 41.5 Å². The first-order chi connectivity index (χ1) is 15.1. The normalized spacial score (nSPS) is 11.3. The fourth-order valence-corrected chi connectivity index (χ4v) is 3.91. The van der Waals surface area contributed by atoms with Crippen molar-refractivity contribution in [1.29, 1.82) is 0 Å². The van der Waals surface area contributed by atoms with E-state index in [1.807, 2.05) is 60.7 Å². The molecular weight excluding hydrogens is 410 g/mol. The Morgan fingerprint density at radius 2 is 1.71 bits per heavy atom. The smallest absolute Gasteiger partial charge is 0.261 e. The molecule has 0 aliphatic carbocycles. The van der Waals surface area contributed by atoms with Crippen LogP contribution in [0, 0.1) is 0 Å². The maximum Gasteiger partial charge on any atom is 0.261 e. The van der Waals surface area contributed by atoms with Gasteiger partial charge < -0.3 is 21.0 Å². The molecule has 31 heavy (non-hydrogen) atoms. The van der Waals surface area contributed by atoms with E-state index in [0.29, 0.717) is 40.7 Å². The van der Waals surface area contributed by atoms with E-state index in [1.54, 1.807) is 6.07 Å². The van der Waals surface area contributed by atoms with Crippen LogP contribution in [0.15, 0.2) is 71.5 Å². The standard InChI is InChI=1S/C24H20ClN5O/c25-16-9-10-17-20(11-16)30-24(31)21(23-28-18-3-1-2-4-19(18)29-23)22(17)27-13-15-7-5-14(12-26)6-8-15/h1-11H,12-13,26H2,(H,28,29)(H2,27,30,31). The molecule has 2 heterocycles. The number of halogens is 1. The van der Waals surface area contributed by atoms with Crippen molar-refractivity contribution < 1.29 is 0 Å². The number of fused-ring (bicyclic) bond motifs is 2. The van der Waals surface area contributed by atoms with Gasteiger partial charge in [-0.3, -0.25) is 4.79 Å². The van der Waals surface area contributed by atoms with Gasteiger partial charge in [0.25, 0.3) is 5.56 Å². The molecule has 0 bridgehead atoms. The summed E-state index contributed by atoms with van der Waals surface area (Å²) in [5, 5.41) is 4.88. The number of aromatic amines is 2. The minimum atomic E-state index is -0.241. The minimum absolute atomic E-state index is 0.241. The Labute approximate surface area is 183 Å². The summed E-state index contributed by atoms with van der Waals surface area (Å²) in [6.07, 6.45) is 0. The van der Waals surface area contributed by atoms with Crippen LogP contribution >= 0.6 is 11.6 Å². The molecule has 0 spiro atoms. The zero-order chi connectivity index (χ0) is 21.4. The van der Waals surface area contributed by atoms with Gasteiger partial charge in [-0.15, -0.1) is 0 Å². The van der Waals surface area contributed by atoms with Crippen LogP contribution in [0.1, 0.15) is 11.1 Å². The van der Waals surface area contributed by atoms with Crippen molar-refractivity contribution in [3.05, 3.63) is 93.2 Å². The molecule has 5 rings (SSSR count). The summed E-state index contributed by atoms with van der Waals surface area (Å²) < 4.78 is 0. The number of nitrogens with zero attached hydrogens (tertiary/aromatic N) is 1. The quantitative estimate of drug-likeness (QED) is 0.322. The number of para-hydroxylation sites is 2. The molecule has 0 saturated carbocycles. The van der Waals surface area contributed by atoms with E-state index < -0.39 is 0 Å². The van der Waals surface area contributed by atoms with Gasteiger partial charge >= 0.3 is 0 Å². The predicted octanol–water partition coefficient (Wildman–Crippen LogP) is 4.80. The molecule has 0 radical (unpaired) electrons. The van der Waals surface area contributed by atoms with Crippen molar-refractivity contribution in [1.82, 2.24) is 15.0 Å². The molecule has 5 N–H and O–H groups in total. The summed E-state index contributed by atoms with van der Waals surface area (Å²) in [4.78, 5) is 24.0. The highest BCUT2D eigenvalue weighted by atomic mass is 35.5. The van der Waals surface area contributed by atoms with Crippen LogP contribution in [0.4, 0.5) is 5.69 Å². The van der Waals surface area contributed by atoms with Gasteiger partial charge in [0.2, 0.25) is 0 Å². The Hall–Kier alpha value is -3.61. The van der Waals surface area contributed by atoms with Gasteiger partial charge in [-0.25, -0.2) is 4.98 Å². The van der Waals surface area contributed by atoms with Crippen molar-refractivity contribution in [3.63, 3.8) is 0 Å². The van der Waals surface area contributed by atoms with Crippen LogP contribution in [0.5, 0.6) is 0 Å². The van der Waals surface area contributed by atoms with Gasteiger partial charge in [0.1, 0.15) is 11.4 Å². The molecule has 5 aromatic rings. The van der Waals surface area contributed by atoms with Gasteiger partial charge in [-0.2, -0.15) is 0 Å².